The average Bonchev–Trinajstić information content (AvgIpc) is 2.47. The Balaban J connectivity index is 2.62. The minimum atomic E-state index is -0.449. The van der Waals surface area contributed by atoms with E-state index in [4.69, 9.17) is 16.3 Å². The highest BCUT2D eigenvalue weighted by Crippen LogP contribution is 2.35. The first kappa shape index (κ1) is 15.3. The van der Waals surface area contributed by atoms with Gasteiger partial charge >= 0.3 is 0 Å². The average molecular weight is 289 g/mol. The number of halogens is 1. The van der Waals surface area contributed by atoms with Crippen LogP contribution < -0.4 is 21.7 Å². The minimum Gasteiger partial charge on any atom is -0.496 e. The van der Waals surface area contributed by atoms with E-state index in [1.807, 2.05) is 26.0 Å². The number of hydrazine groups is 1. The smallest absolute Gasteiger partial charge is 0.127 e. The quantitative estimate of drug-likeness (QED) is 0.459. The number of rotatable bonds is 4. The van der Waals surface area contributed by atoms with Crippen LogP contribution in [0.5, 0.6) is 5.75 Å². The Morgan fingerprint density at radius 2 is 1.86 bits per heavy atom. The van der Waals surface area contributed by atoms with Gasteiger partial charge in [-0.25, -0.2) is 9.82 Å². The molecule has 0 saturated carbocycles. The topological polar surface area (TPSA) is 73.3 Å². The van der Waals surface area contributed by atoms with Crippen molar-refractivity contribution in [3.63, 3.8) is 0 Å². The number of nitrogens with two attached hydrogens (primary N) is 2. The summed E-state index contributed by atoms with van der Waals surface area (Å²) in [5, 5.41) is 0. The molecule has 5 N–H and O–H groups in total. The number of methoxy groups -OCH3 is 1. The summed E-state index contributed by atoms with van der Waals surface area (Å²) in [7, 11) is 1.60. The number of ether oxygens (including phenoxy) is 1. The maximum atomic E-state index is 13.5. The molecule has 0 aliphatic rings. The van der Waals surface area contributed by atoms with Gasteiger partial charge in [-0.2, -0.15) is 0 Å². The SMILES string of the molecule is COc1c(C(NN)c2cc(F)ccc2N)ccc(C)c1C. The van der Waals surface area contributed by atoms with E-state index in [0.717, 1.165) is 22.4 Å². The molecule has 0 amide bonds. The van der Waals surface area contributed by atoms with E-state index >= 15 is 0 Å². The molecule has 0 aliphatic heterocycles. The van der Waals surface area contributed by atoms with Crippen LogP contribution in [0.2, 0.25) is 0 Å². The van der Waals surface area contributed by atoms with Crippen LogP contribution in [0.15, 0.2) is 30.3 Å². The lowest BCUT2D eigenvalue weighted by molar-refractivity contribution is 0.400. The molecule has 112 valence electrons. The molecule has 1 atom stereocenters. The Bertz CT molecular complexity index is 658. The molecule has 2 aromatic carbocycles. The lowest BCUT2D eigenvalue weighted by Crippen LogP contribution is -2.30. The maximum Gasteiger partial charge on any atom is 0.127 e. The second-order valence-electron chi connectivity index (χ2n) is 5.00. The van der Waals surface area contributed by atoms with Crippen LogP contribution >= 0.6 is 0 Å². The van der Waals surface area contributed by atoms with E-state index < -0.39 is 6.04 Å². The van der Waals surface area contributed by atoms with Crippen LogP contribution in [-0.4, -0.2) is 7.11 Å². The number of nitrogens with one attached hydrogen (secondary N) is 1. The van der Waals surface area contributed by atoms with Crippen molar-refractivity contribution in [2.75, 3.05) is 12.8 Å². The van der Waals surface area contributed by atoms with Gasteiger partial charge in [-0.3, -0.25) is 5.84 Å². The van der Waals surface area contributed by atoms with Gasteiger partial charge in [0.25, 0.3) is 0 Å². The summed E-state index contributed by atoms with van der Waals surface area (Å²) >= 11 is 0. The van der Waals surface area contributed by atoms with Gasteiger partial charge in [0, 0.05) is 16.8 Å². The standard InChI is InChI=1S/C16H20FN3O/c1-9-4-6-12(16(21-3)10(9)2)15(20-19)13-8-11(17)5-7-14(13)18/h4-8,15,20H,18-19H2,1-3H3. The van der Waals surface area contributed by atoms with Crippen molar-refractivity contribution in [3.05, 3.63) is 58.4 Å². The Labute approximate surface area is 123 Å². The number of benzene rings is 2. The molecule has 0 bridgehead atoms. The van der Waals surface area contributed by atoms with Gasteiger partial charge in [0.2, 0.25) is 0 Å². The van der Waals surface area contributed by atoms with Crippen molar-refractivity contribution in [2.45, 2.75) is 19.9 Å². The van der Waals surface area contributed by atoms with Crippen LogP contribution in [-0.2, 0) is 0 Å². The second-order valence-corrected chi connectivity index (χ2v) is 5.00. The van der Waals surface area contributed by atoms with Gasteiger partial charge in [0.05, 0.1) is 13.2 Å². The van der Waals surface area contributed by atoms with Gasteiger partial charge < -0.3 is 10.5 Å². The second kappa shape index (κ2) is 6.11. The molecule has 4 nitrogen and oxygen atoms in total. The summed E-state index contributed by atoms with van der Waals surface area (Å²) in [6.07, 6.45) is 0. The highest BCUT2D eigenvalue weighted by Gasteiger charge is 2.21. The molecular formula is C16H20FN3O. The monoisotopic (exact) mass is 289 g/mol. The van der Waals surface area contributed by atoms with Crippen molar-refractivity contribution in [3.8, 4) is 5.75 Å². The fourth-order valence-corrected chi connectivity index (χ4v) is 2.45. The predicted molar refractivity (Wildman–Crippen MR) is 82.4 cm³/mol. The zero-order valence-corrected chi connectivity index (χ0v) is 12.4. The number of aryl methyl sites for hydroxylation is 1. The van der Waals surface area contributed by atoms with Crippen molar-refractivity contribution in [1.82, 2.24) is 5.43 Å². The summed E-state index contributed by atoms with van der Waals surface area (Å²) in [5.74, 6) is 6.05. The molecule has 5 heteroatoms. The van der Waals surface area contributed by atoms with E-state index in [1.54, 1.807) is 7.11 Å². The summed E-state index contributed by atoms with van der Waals surface area (Å²) in [6, 6.07) is 7.68. The number of nitrogen functional groups attached to an aromatic ring is 1. The third-order valence-electron chi connectivity index (χ3n) is 3.75. The van der Waals surface area contributed by atoms with Crippen LogP contribution in [0.1, 0.15) is 28.3 Å². The summed E-state index contributed by atoms with van der Waals surface area (Å²) in [6.45, 7) is 3.98. The Hall–Kier alpha value is -2.11. The molecular weight excluding hydrogens is 269 g/mol. The number of hydrogen-bond acceptors (Lipinski definition) is 4. The molecule has 2 aromatic rings. The highest BCUT2D eigenvalue weighted by atomic mass is 19.1. The molecule has 0 saturated heterocycles. The Kier molecular flexibility index (Phi) is 4.45. The fourth-order valence-electron chi connectivity index (χ4n) is 2.45. The van der Waals surface area contributed by atoms with Crippen molar-refractivity contribution in [2.24, 2.45) is 5.84 Å². The normalized spacial score (nSPS) is 12.2. The lowest BCUT2D eigenvalue weighted by atomic mass is 9.93. The number of anilines is 1. The first-order chi connectivity index (χ1) is 9.99. The predicted octanol–water partition coefficient (Wildman–Crippen LogP) is 2.59. The van der Waals surface area contributed by atoms with Crippen LogP contribution in [0.3, 0.4) is 0 Å². The molecule has 0 spiro atoms. The van der Waals surface area contributed by atoms with E-state index in [2.05, 4.69) is 5.43 Å². The van der Waals surface area contributed by atoms with E-state index in [-0.39, 0.29) is 5.82 Å². The van der Waals surface area contributed by atoms with Gasteiger partial charge in [0.15, 0.2) is 0 Å². The zero-order valence-electron chi connectivity index (χ0n) is 12.4. The molecule has 0 fully saturated rings. The molecule has 2 rings (SSSR count). The Morgan fingerprint density at radius 3 is 2.48 bits per heavy atom. The van der Waals surface area contributed by atoms with Gasteiger partial charge in [-0.15, -0.1) is 0 Å². The van der Waals surface area contributed by atoms with Crippen molar-refractivity contribution in [1.29, 1.82) is 0 Å². The summed E-state index contributed by atoms with van der Waals surface area (Å²) in [4.78, 5) is 0. The van der Waals surface area contributed by atoms with Gasteiger partial charge in [0.1, 0.15) is 11.6 Å². The third-order valence-corrected chi connectivity index (χ3v) is 3.75. The van der Waals surface area contributed by atoms with Crippen LogP contribution in [0.25, 0.3) is 0 Å². The van der Waals surface area contributed by atoms with Crippen LogP contribution in [0, 0.1) is 19.7 Å². The Morgan fingerprint density at radius 1 is 1.14 bits per heavy atom. The summed E-state index contributed by atoms with van der Waals surface area (Å²) < 4.78 is 19.0. The zero-order chi connectivity index (χ0) is 15.6. The first-order valence-corrected chi connectivity index (χ1v) is 6.64. The largest absolute Gasteiger partial charge is 0.496 e. The lowest BCUT2D eigenvalue weighted by Gasteiger charge is -2.23. The van der Waals surface area contributed by atoms with E-state index in [9.17, 15) is 4.39 Å². The number of hydrogen-bond donors (Lipinski definition) is 3. The minimum absolute atomic E-state index is 0.359. The van der Waals surface area contributed by atoms with Crippen LogP contribution in [0.4, 0.5) is 10.1 Å². The molecule has 0 radical (unpaired) electrons. The van der Waals surface area contributed by atoms with Crippen molar-refractivity contribution < 1.29 is 9.13 Å². The molecule has 0 aliphatic carbocycles. The summed E-state index contributed by atoms with van der Waals surface area (Å²) in [5.41, 5.74) is 12.7. The maximum absolute atomic E-state index is 13.5. The highest BCUT2D eigenvalue weighted by molar-refractivity contribution is 5.56. The molecule has 0 aromatic heterocycles. The third kappa shape index (κ3) is 2.84. The van der Waals surface area contributed by atoms with Gasteiger partial charge in [-0.05, 0) is 43.2 Å². The molecule has 21 heavy (non-hydrogen) atoms. The van der Waals surface area contributed by atoms with E-state index in [0.29, 0.717) is 11.3 Å². The van der Waals surface area contributed by atoms with Crippen molar-refractivity contribution >= 4 is 5.69 Å². The van der Waals surface area contributed by atoms with E-state index in [1.165, 1.54) is 18.2 Å². The van der Waals surface area contributed by atoms with Gasteiger partial charge in [-0.1, -0.05) is 12.1 Å². The molecule has 0 heterocycles. The molecule has 1 unspecified atom stereocenters. The first-order valence-electron chi connectivity index (χ1n) is 6.64. The fraction of sp³-hybridized carbons (Fsp3) is 0.250.